The summed E-state index contributed by atoms with van der Waals surface area (Å²) in [7, 11) is 1.43. The van der Waals surface area contributed by atoms with Crippen molar-refractivity contribution in [2.24, 2.45) is 0 Å². The van der Waals surface area contributed by atoms with Gasteiger partial charge in [-0.25, -0.2) is 4.57 Å². The fraction of sp³-hybridized carbons (Fsp3) is 0.682. The number of carbonyl (C=O) groups excluding carboxylic acids is 2. The van der Waals surface area contributed by atoms with Gasteiger partial charge < -0.3 is 18.9 Å². The summed E-state index contributed by atoms with van der Waals surface area (Å²) in [6, 6.07) is 0. The van der Waals surface area contributed by atoms with Crippen LogP contribution in [0.2, 0.25) is 0 Å². The highest BCUT2D eigenvalue weighted by Gasteiger charge is 2.27. The van der Waals surface area contributed by atoms with E-state index in [0.29, 0.717) is 23.9 Å². The van der Waals surface area contributed by atoms with Crippen LogP contribution < -0.4 is 0 Å². The van der Waals surface area contributed by atoms with Gasteiger partial charge in [0.05, 0.1) is 27.7 Å². The van der Waals surface area contributed by atoms with Crippen molar-refractivity contribution < 1.29 is 42.1 Å². The van der Waals surface area contributed by atoms with Crippen LogP contribution in [0.15, 0.2) is 72.9 Å². The Morgan fingerprint density at radius 3 is 1.76 bits per heavy atom. The Hall–Kier alpha value is -2.55. The maximum absolute atomic E-state index is 12.6. The van der Waals surface area contributed by atoms with E-state index < -0.39 is 32.5 Å². The molecule has 1 unspecified atom stereocenters. The van der Waals surface area contributed by atoms with Crippen LogP contribution in [0, 0.1) is 0 Å². The van der Waals surface area contributed by atoms with Crippen LogP contribution in [0.3, 0.4) is 0 Å². The number of ether oxygens (including phenoxy) is 2. The first kappa shape index (κ1) is 51.5. The van der Waals surface area contributed by atoms with Crippen LogP contribution in [0.1, 0.15) is 142 Å². The monoisotopic (exact) mass is 779 g/mol. The quantitative estimate of drug-likeness (QED) is 0.0167. The molecule has 0 saturated heterocycles. The summed E-state index contributed by atoms with van der Waals surface area (Å²) in [6.45, 7) is 4.18. The molecule has 54 heavy (non-hydrogen) atoms. The number of quaternary nitrogens is 1. The van der Waals surface area contributed by atoms with Gasteiger partial charge in [0.1, 0.15) is 19.8 Å². The van der Waals surface area contributed by atoms with Crippen molar-refractivity contribution in [3.63, 3.8) is 0 Å². The van der Waals surface area contributed by atoms with Gasteiger partial charge >= 0.3 is 19.8 Å². The first-order valence-corrected chi connectivity index (χ1v) is 22.2. The molecule has 0 rings (SSSR count). The Kier molecular flexibility index (Phi) is 34.4. The van der Waals surface area contributed by atoms with Gasteiger partial charge in [-0.1, -0.05) is 138 Å². The molecule has 0 heterocycles. The lowest BCUT2D eigenvalue weighted by molar-refractivity contribution is -0.870. The molecule has 0 aromatic heterocycles. The molecule has 1 N–H and O–H groups in total. The maximum atomic E-state index is 12.6. The van der Waals surface area contributed by atoms with Crippen LogP contribution in [-0.4, -0.2) is 74.9 Å². The van der Waals surface area contributed by atoms with Gasteiger partial charge in [0.25, 0.3) is 0 Å². The summed E-state index contributed by atoms with van der Waals surface area (Å²) < 4.78 is 34.2. The van der Waals surface area contributed by atoms with Gasteiger partial charge in [-0.3, -0.25) is 18.6 Å². The molecule has 310 valence electrons. The van der Waals surface area contributed by atoms with E-state index in [1.165, 1.54) is 38.5 Å². The Labute approximate surface area is 329 Å². The first-order chi connectivity index (χ1) is 26.0. The van der Waals surface area contributed by atoms with E-state index in [9.17, 15) is 19.0 Å². The summed E-state index contributed by atoms with van der Waals surface area (Å²) in [5, 5.41) is 0. The number of unbranched alkanes of at least 4 members (excludes halogenated alkanes) is 13. The van der Waals surface area contributed by atoms with Crippen molar-refractivity contribution >= 4 is 19.8 Å². The molecule has 0 aliphatic rings. The zero-order valence-electron chi connectivity index (χ0n) is 34.7. The predicted molar refractivity (Wildman–Crippen MR) is 224 cm³/mol. The largest absolute Gasteiger partial charge is 0.472 e. The minimum Gasteiger partial charge on any atom is -0.462 e. The third kappa shape index (κ3) is 39.2. The summed E-state index contributed by atoms with van der Waals surface area (Å²) in [4.78, 5) is 35.3. The van der Waals surface area contributed by atoms with Crippen LogP contribution >= 0.6 is 7.82 Å². The maximum Gasteiger partial charge on any atom is 0.472 e. The number of allylic oxidation sites excluding steroid dienone is 12. The molecule has 9 nitrogen and oxygen atoms in total. The molecule has 0 saturated carbocycles. The minimum absolute atomic E-state index is 0.0179. The molecule has 0 amide bonds. The summed E-state index contributed by atoms with van der Waals surface area (Å²) in [5.41, 5.74) is 0. The highest BCUT2D eigenvalue weighted by atomic mass is 31.2. The number of hydrogen-bond acceptors (Lipinski definition) is 7. The van der Waals surface area contributed by atoms with Crippen molar-refractivity contribution in [2.45, 2.75) is 148 Å². The molecule has 2 atom stereocenters. The third-order valence-electron chi connectivity index (χ3n) is 8.32. The number of hydrogen-bond donors (Lipinski definition) is 1. The topological polar surface area (TPSA) is 108 Å². The highest BCUT2D eigenvalue weighted by molar-refractivity contribution is 7.47. The van der Waals surface area contributed by atoms with E-state index in [-0.39, 0.29) is 26.1 Å². The van der Waals surface area contributed by atoms with Gasteiger partial charge in [0.15, 0.2) is 6.10 Å². The van der Waals surface area contributed by atoms with Crippen molar-refractivity contribution in [3.8, 4) is 0 Å². The SMILES string of the molecule is CC/C=C/C=C/C=C/C=C/CCCCCCCC(=O)O[C@H](COC(=O)CCCC/C=C/C/C=C/CCCCCCCC)COP(=O)(O)OCC[N+](C)(C)C. The first-order valence-electron chi connectivity index (χ1n) is 20.7. The van der Waals surface area contributed by atoms with Crippen molar-refractivity contribution in [2.75, 3.05) is 47.5 Å². The van der Waals surface area contributed by atoms with E-state index in [0.717, 1.165) is 64.2 Å². The second-order valence-electron chi connectivity index (χ2n) is 14.7. The van der Waals surface area contributed by atoms with Crippen LogP contribution in [0.5, 0.6) is 0 Å². The van der Waals surface area contributed by atoms with Gasteiger partial charge in [0, 0.05) is 12.8 Å². The van der Waals surface area contributed by atoms with Gasteiger partial charge in [-0.15, -0.1) is 0 Å². The van der Waals surface area contributed by atoms with Gasteiger partial charge in [-0.2, -0.15) is 0 Å². The Morgan fingerprint density at radius 1 is 0.611 bits per heavy atom. The molecule has 0 bridgehead atoms. The second-order valence-corrected chi connectivity index (χ2v) is 16.2. The fourth-order valence-electron chi connectivity index (χ4n) is 5.05. The molecule has 0 radical (unpaired) electrons. The molecule has 0 aromatic carbocycles. The lowest BCUT2D eigenvalue weighted by atomic mass is 10.1. The Balaban J connectivity index is 4.51. The van der Waals surface area contributed by atoms with Crippen LogP contribution in [-0.2, 0) is 32.7 Å². The van der Waals surface area contributed by atoms with E-state index in [4.69, 9.17) is 18.5 Å². The number of phosphoric ester groups is 1. The standard InChI is InChI=1S/C44H76NO8P/c1-6-8-10-12-14-16-18-20-22-24-26-28-30-32-34-36-43(46)50-40-42(41-52-54(48,49)51-39-38-45(3,4)5)53-44(47)37-35-33-31-29-27-25-23-21-19-17-15-13-11-9-7-2/h9,11,13,15,17,19-23,26,28,42H,6-8,10,12,14,16,18,24-25,27,29-41H2,1-5H3/p+1/b11-9+,15-13+,19-17+,22-20+,23-21+,28-26+/t42-/m1/s1. The smallest absolute Gasteiger partial charge is 0.462 e. The number of carbonyl (C=O) groups is 2. The lowest BCUT2D eigenvalue weighted by Crippen LogP contribution is -2.37. The third-order valence-corrected chi connectivity index (χ3v) is 9.30. The number of esters is 2. The average molecular weight is 779 g/mol. The zero-order chi connectivity index (χ0) is 40.0. The average Bonchev–Trinajstić information content (AvgIpc) is 3.12. The van der Waals surface area contributed by atoms with Crippen molar-refractivity contribution in [3.05, 3.63) is 72.9 Å². The molecular formula is C44H77NO8P+. The zero-order valence-corrected chi connectivity index (χ0v) is 35.6. The van der Waals surface area contributed by atoms with E-state index >= 15 is 0 Å². The molecular weight excluding hydrogens is 701 g/mol. The molecule has 10 heteroatoms. The van der Waals surface area contributed by atoms with Crippen LogP contribution in [0.25, 0.3) is 0 Å². The number of phosphoric acid groups is 1. The number of nitrogens with zero attached hydrogens (tertiary/aromatic N) is 1. The molecule has 0 spiro atoms. The summed E-state index contributed by atoms with van der Waals surface area (Å²) in [6.07, 6.45) is 43.8. The van der Waals surface area contributed by atoms with E-state index in [2.05, 4.69) is 56.4 Å². The summed E-state index contributed by atoms with van der Waals surface area (Å²) in [5.74, 6) is -0.872. The molecule has 0 fully saturated rings. The second kappa shape index (κ2) is 36.1. The minimum atomic E-state index is -4.39. The Morgan fingerprint density at radius 2 is 1.13 bits per heavy atom. The van der Waals surface area contributed by atoms with Crippen LogP contribution in [0.4, 0.5) is 0 Å². The molecule has 0 aliphatic heterocycles. The lowest BCUT2D eigenvalue weighted by Gasteiger charge is -2.24. The van der Waals surface area contributed by atoms with E-state index in [1.54, 1.807) is 0 Å². The number of likely N-dealkylation sites (N-methyl/N-ethyl adjacent to an activating group) is 1. The normalized spacial score (nSPS) is 14.4. The van der Waals surface area contributed by atoms with Gasteiger partial charge in [0.2, 0.25) is 0 Å². The van der Waals surface area contributed by atoms with Crippen molar-refractivity contribution in [1.29, 1.82) is 0 Å². The molecule has 0 aromatic rings. The Bertz CT molecular complexity index is 1150. The van der Waals surface area contributed by atoms with Gasteiger partial charge in [-0.05, 0) is 64.2 Å². The van der Waals surface area contributed by atoms with E-state index in [1.807, 2.05) is 51.5 Å². The van der Waals surface area contributed by atoms with Crippen molar-refractivity contribution in [1.82, 2.24) is 0 Å². The highest BCUT2D eigenvalue weighted by Crippen LogP contribution is 2.43. The molecule has 0 aliphatic carbocycles. The summed E-state index contributed by atoms with van der Waals surface area (Å²) >= 11 is 0. The fourth-order valence-corrected chi connectivity index (χ4v) is 5.79. The predicted octanol–water partition coefficient (Wildman–Crippen LogP) is 11.5. The number of rotatable bonds is 36.